The fourth-order valence-electron chi connectivity index (χ4n) is 3.45. The Bertz CT molecular complexity index is 951. The molecular formula is C24H26FNO. The number of hydrogen-bond donors (Lipinski definition) is 1. The summed E-state index contributed by atoms with van der Waals surface area (Å²) in [5, 5.41) is 5.12. The Kier molecular flexibility index (Phi) is 5.90. The molecule has 0 spiro atoms. The minimum Gasteiger partial charge on any atom is -0.349 e. The molecule has 0 aromatic heterocycles. The van der Waals surface area contributed by atoms with Gasteiger partial charge in [-0.1, -0.05) is 49.1 Å². The first kappa shape index (κ1) is 19.1. The molecule has 0 radical (unpaired) electrons. The zero-order chi connectivity index (χ0) is 19.4. The second-order valence-electron chi connectivity index (χ2n) is 7.18. The topological polar surface area (TPSA) is 29.1 Å². The number of rotatable bonds is 5. The number of allylic oxidation sites excluding steroid dienone is 7. The number of hydrogen-bond acceptors (Lipinski definition) is 1. The molecule has 2 aliphatic carbocycles. The Morgan fingerprint density at radius 1 is 1.37 bits per heavy atom. The first-order valence-electron chi connectivity index (χ1n) is 9.45. The molecule has 3 atom stereocenters. The van der Waals surface area contributed by atoms with Gasteiger partial charge in [0.15, 0.2) is 0 Å². The molecule has 140 valence electrons. The van der Waals surface area contributed by atoms with Crippen molar-refractivity contribution < 1.29 is 9.18 Å². The predicted octanol–water partition coefficient (Wildman–Crippen LogP) is 3.70. The molecule has 1 aromatic carbocycles. The maximum atomic E-state index is 13.6. The Hall–Kier alpha value is -2.68. The standard InChI is InChI=1S/C24H26FNO/c1-4-18(13-19-10-6-5-9-16(19)2)17(3)26-24(27)23-15-22(23)20-11-7-8-12-21(25)14-20/h4-7,9-14,17,22-23H,2,8,15H2,1,3H3,(H,26,27)/b18-4+,19-13-. The molecule has 27 heavy (non-hydrogen) atoms. The van der Waals surface area contributed by atoms with Crippen molar-refractivity contribution in [2.75, 3.05) is 0 Å². The van der Waals surface area contributed by atoms with Crippen LogP contribution in [0.25, 0.3) is 12.7 Å². The molecule has 1 saturated carbocycles. The van der Waals surface area contributed by atoms with Gasteiger partial charge >= 0.3 is 0 Å². The van der Waals surface area contributed by atoms with Gasteiger partial charge in [-0.05, 0) is 72.4 Å². The summed E-state index contributed by atoms with van der Waals surface area (Å²) in [4.78, 5) is 12.7. The highest BCUT2D eigenvalue weighted by Gasteiger charge is 2.44. The molecule has 1 N–H and O–H groups in total. The minimum atomic E-state index is -0.216. The van der Waals surface area contributed by atoms with Crippen molar-refractivity contribution in [3.63, 3.8) is 0 Å². The van der Waals surface area contributed by atoms with E-state index in [1.807, 2.05) is 56.3 Å². The van der Waals surface area contributed by atoms with Crippen molar-refractivity contribution in [2.24, 2.45) is 11.8 Å². The molecule has 3 rings (SSSR count). The van der Waals surface area contributed by atoms with E-state index in [1.165, 1.54) is 0 Å². The van der Waals surface area contributed by atoms with E-state index in [0.29, 0.717) is 6.42 Å². The quantitative estimate of drug-likeness (QED) is 0.849. The number of benzene rings is 1. The molecule has 0 aliphatic heterocycles. The average Bonchev–Trinajstić information content (AvgIpc) is 3.45. The van der Waals surface area contributed by atoms with Gasteiger partial charge in [-0.25, -0.2) is 4.39 Å². The lowest BCUT2D eigenvalue weighted by atomic mass is 10.0. The van der Waals surface area contributed by atoms with Gasteiger partial charge in [-0.3, -0.25) is 4.79 Å². The average molecular weight is 363 g/mol. The van der Waals surface area contributed by atoms with Crippen LogP contribution >= 0.6 is 0 Å². The Labute approximate surface area is 160 Å². The molecule has 0 bridgehead atoms. The van der Waals surface area contributed by atoms with E-state index in [2.05, 4.69) is 18.0 Å². The molecule has 0 saturated heterocycles. The van der Waals surface area contributed by atoms with Crippen LogP contribution in [-0.4, -0.2) is 11.9 Å². The van der Waals surface area contributed by atoms with Crippen molar-refractivity contribution in [1.82, 2.24) is 5.32 Å². The van der Waals surface area contributed by atoms with Gasteiger partial charge in [0.2, 0.25) is 5.91 Å². The number of carbonyl (C=O) groups is 1. The van der Waals surface area contributed by atoms with Crippen molar-refractivity contribution in [2.45, 2.75) is 32.7 Å². The third kappa shape index (κ3) is 4.73. The smallest absolute Gasteiger partial charge is 0.224 e. The summed E-state index contributed by atoms with van der Waals surface area (Å²) in [5.41, 5.74) is 1.96. The second-order valence-corrected chi connectivity index (χ2v) is 7.18. The maximum Gasteiger partial charge on any atom is 0.224 e. The molecule has 0 heterocycles. The van der Waals surface area contributed by atoms with Gasteiger partial charge in [0, 0.05) is 5.92 Å². The summed E-state index contributed by atoms with van der Waals surface area (Å²) in [5.74, 6) is -0.144. The van der Waals surface area contributed by atoms with E-state index in [0.717, 1.165) is 28.0 Å². The molecule has 3 heteroatoms. The number of carbonyl (C=O) groups excluding carboxylic acids is 1. The van der Waals surface area contributed by atoms with Crippen molar-refractivity contribution in [1.29, 1.82) is 0 Å². The molecular weight excluding hydrogens is 337 g/mol. The van der Waals surface area contributed by atoms with Crippen LogP contribution in [0.1, 0.15) is 26.7 Å². The molecule has 1 fully saturated rings. The lowest BCUT2D eigenvalue weighted by Crippen LogP contribution is -2.36. The van der Waals surface area contributed by atoms with Crippen LogP contribution in [0.2, 0.25) is 0 Å². The summed E-state index contributed by atoms with van der Waals surface area (Å²) in [6, 6.07) is 7.83. The van der Waals surface area contributed by atoms with Gasteiger partial charge in [0.1, 0.15) is 5.83 Å². The van der Waals surface area contributed by atoms with E-state index in [9.17, 15) is 9.18 Å². The van der Waals surface area contributed by atoms with Crippen LogP contribution in [0.4, 0.5) is 4.39 Å². The summed E-state index contributed by atoms with van der Waals surface area (Å²) in [6.07, 6.45) is 12.4. The lowest BCUT2D eigenvalue weighted by Gasteiger charge is -2.15. The summed E-state index contributed by atoms with van der Waals surface area (Å²) >= 11 is 0. The monoisotopic (exact) mass is 363 g/mol. The van der Waals surface area contributed by atoms with Crippen LogP contribution in [0, 0.1) is 11.8 Å². The van der Waals surface area contributed by atoms with Crippen LogP contribution in [0.5, 0.6) is 0 Å². The van der Waals surface area contributed by atoms with Gasteiger partial charge < -0.3 is 5.32 Å². The van der Waals surface area contributed by atoms with Crippen LogP contribution < -0.4 is 15.8 Å². The van der Waals surface area contributed by atoms with Crippen molar-refractivity contribution in [3.8, 4) is 0 Å². The van der Waals surface area contributed by atoms with Gasteiger partial charge in [0.25, 0.3) is 0 Å². The highest BCUT2D eigenvalue weighted by Crippen LogP contribution is 2.45. The Morgan fingerprint density at radius 3 is 2.89 bits per heavy atom. The molecule has 2 aliphatic rings. The number of amides is 1. The first-order chi connectivity index (χ1) is 13.0. The fraction of sp³-hybridized carbons (Fsp3) is 0.292. The van der Waals surface area contributed by atoms with E-state index < -0.39 is 0 Å². The number of halogens is 1. The van der Waals surface area contributed by atoms with Gasteiger partial charge in [-0.2, -0.15) is 0 Å². The molecule has 1 aromatic rings. The van der Waals surface area contributed by atoms with Crippen LogP contribution in [0.15, 0.2) is 71.6 Å². The Balaban J connectivity index is 1.66. The normalized spacial score (nSPS) is 24.0. The second kappa shape index (κ2) is 8.34. The summed E-state index contributed by atoms with van der Waals surface area (Å²) in [7, 11) is 0. The zero-order valence-electron chi connectivity index (χ0n) is 15.9. The summed E-state index contributed by atoms with van der Waals surface area (Å²) in [6.45, 7) is 8.00. The van der Waals surface area contributed by atoms with E-state index >= 15 is 0 Å². The van der Waals surface area contributed by atoms with Crippen LogP contribution in [-0.2, 0) is 4.79 Å². The maximum absolute atomic E-state index is 13.6. The lowest BCUT2D eigenvalue weighted by molar-refractivity contribution is -0.122. The molecule has 3 unspecified atom stereocenters. The minimum absolute atomic E-state index is 0.0334. The van der Waals surface area contributed by atoms with Crippen molar-refractivity contribution in [3.05, 3.63) is 82.1 Å². The van der Waals surface area contributed by atoms with E-state index in [-0.39, 0.29) is 29.6 Å². The number of nitrogens with one attached hydrogen (secondary N) is 1. The largest absolute Gasteiger partial charge is 0.349 e. The molecule has 2 nitrogen and oxygen atoms in total. The van der Waals surface area contributed by atoms with Crippen LogP contribution in [0.3, 0.4) is 0 Å². The molecule has 1 amide bonds. The SMILES string of the molecule is C=c1cccc/c1=C/C(=C\C)C(C)NC(=O)C1CC1C1=CC(F)=CCC=C1. The van der Waals surface area contributed by atoms with E-state index in [4.69, 9.17) is 0 Å². The summed E-state index contributed by atoms with van der Waals surface area (Å²) < 4.78 is 13.6. The highest BCUT2D eigenvalue weighted by molar-refractivity contribution is 5.83. The zero-order valence-corrected chi connectivity index (χ0v) is 15.9. The van der Waals surface area contributed by atoms with E-state index in [1.54, 1.807) is 12.2 Å². The third-order valence-corrected chi connectivity index (χ3v) is 5.19. The van der Waals surface area contributed by atoms with Crippen molar-refractivity contribution >= 4 is 18.6 Å². The predicted molar refractivity (Wildman–Crippen MR) is 110 cm³/mol. The fourth-order valence-corrected chi connectivity index (χ4v) is 3.45. The van der Waals surface area contributed by atoms with Gasteiger partial charge in [-0.15, -0.1) is 0 Å². The Morgan fingerprint density at radius 2 is 2.15 bits per heavy atom. The highest BCUT2D eigenvalue weighted by atomic mass is 19.1. The first-order valence-corrected chi connectivity index (χ1v) is 9.45. The third-order valence-electron chi connectivity index (χ3n) is 5.19. The van der Waals surface area contributed by atoms with Gasteiger partial charge in [0.05, 0.1) is 6.04 Å².